The van der Waals surface area contributed by atoms with Gasteiger partial charge >= 0.3 is 0 Å². The molecule has 1 aliphatic heterocycles. The lowest BCUT2D eigenvalue weighted by Crippen LogP contribution is -2.32. The summed E-state index contributed by atoms with van der Waals surface area (Å²) in [6, 6.07) is 16.0. The van der Waals surface area contributed by atoms with Crippen molar-refractivity contribution in [1.82, 2.24) is 0 Å². The van der Waals surface area contributed by atoms with Crippen molar-refractivity contribution in [2.24, 2.45) is 4.99 Å². The second kappa shape index (κ2) is 6.37. The van der Waals surface area contributed by atoms with Crippen molar-refractivity contribution in [3.63, 3.8) is 0 Å². The summed E-state index contributed by atoms with van der Waals surface area (Å²) < 4.78 is 35.7. The number of rotatable bonds is 5. The molecule has 6 heteroatoms. The van der Waals surface area contributed by atoms with Gasteiger partial charge in [-0.05, 0) is 24.6 Å². The fraction of sp³-hybridized carbons (Fsp3) is 0.278. The molecule has 3 rings (SSSR count). The number of hydrogen-bond acceptors (Lipinski definition) is 5. The maximum atomic E-state index is 12.4. The Labute approximate surface area is 142 Å². The molecule has 0 aromatic heterocycles. The summed E-state index contributed by atoms with van der Waals surface area (Å²) in [5, 5.41) is 0. The Bertz CT molecular complexity index is 844. The number of hydrogen-bond donors (Lipinski definition) is 0. The van der Waals surface area contributed by atoms with E-state index in [0.717, 1.165) is 11.1 Å². The smallest absolute Gasteiger partial charge is 0.297 e. The molecular weight excluding hydrogens is 326 g/mol. The number of benzene rings is 2. The van der Waals surface area contributed by atoms with Crippen LogP contribution in [0.15, 0.2) is 64.5 Å². The van der Waals surface area contributed by atoms with E-state index in [-0.39, 0.29) is 18.1 Å². The van der Waals surface area contributed by atoms with Crippen LogP contribution in [0.5, 0.6) is 0 Å². The first kappa shape index (κ1) is 16.7. The molecule has 1 atom stereocenters. The van der Waals surface area contributed by atoms with Crippen LogP contribution < -0.4 is 0 Å². The summed E-state index contributed by atoms with van der Waals surface area (Å²) in [7, 11) is -3.85. The van der Waals surface area contributed by atoms with Crippen LogP contribution in [0.1, 0.15) is 18.1 Å². The largest absolute Gasteiger partial charge is 0.478 e. The Kier molecular flexibility index (Phi) is 4.43. The maximum absolute atomic E-state index is 12.4. The van der Waals surface area contributed by atoms with Crippen molar-refractivity contribution in [2.75, 3.05) is 13.2 Å². The Morgan fingerprint density at radius 1 is 1.08 bits per heavy atom. The minimum Gasteiger partial charge on any atom is -0.478 e. The van der Waals surface area contributed by atoms with Crippen LogP contribution in [0, 0.1) is 6.92 Å². The molecule has 0 radical (unpaired) electrons. The van der Waals surface area contributed by atoms with Crippen molar-refractivity contribution >= 4 is 16.0 Å². The topological polar surface area (TPSA) is 65.0 Å². The molecule has 2 aromatic rings. The SMILES string of the molecule is CC1=NC(COS(=O)(=O)c2ccc(C)cc2)(c2ccccc2)CO1. The second-order valence-electron chi connectivity index (χ2n) is 5.85. The Morgan fingerprint density at radius 2 is 1.75 bits per heavy atom. The van der Waals surface area contributed by atoms with Gasteiger partial charge in [0, 0.05) is 6.92 Å². The van der Waals surface area contributed by atoms with Gasteiger partial charge in [0.1, 0.15) is 12.1 Å². The molecule has 24 heavy (non-hydrogen) atoms. The van der Waals surface area contributed by atoms with Crippen molar-refractivity contribution in [3.05, 3.63) is 65.7 Å². The van der Waals surface area contributed by atoms with Crippen LogP contribution in [0.4, 0.5) is 0 Å². The van der Waals surface area contributed by atoms with Crippen LogP contribution in [0.2, 0.25) is 0 Å². The summed E-state index contributed by atoms with van der Waals surface area (Å²) >= 11 is 0. The molecule has 0 bridgehead atoms. The highest BCUT2D eigenvalue weighted by atomic mass is 32.2. The van der Waals surface area contributed by atoms with Crippen molar-refractivity contribution in [1.29, 1.82) is 0 Å². The Morgan fingerprint density at radius 3 is 2.33 bits per heavy atom. The lowest BCUT2D eigenvalue weighted by atomic mass is 9.93. The van der Waals surface area contributed by atoms with Gasteiger partial charge < -0.3 is 4.74 Å². The first-order valence-electron chi connectivity index (χ1n) is 7.62. The van der Waals surface area contributed by atoms with Crippen molar-refractivity contribution in [3.8, 4) is 0 Å². The van der Waals surface area contributed by atoms with Gasteiger partial charge in [-0.25, -0.2) is 4.99 Å². The van der Waals surface area contributed by atoms with Gasteiger partial charge in [-0.1, -0.05) is 48.0 Å². The van der Waals surface area contributed by atoms with E-state index in [2.05, 4.69) is 4.99 Å². The molecule has 2 aromatic carbocycles. The molecule has 0 amide bonds. The minimum atomic E-state index is -3.85. The van der Waals surface area contributed by atoms with Gasteiger partial charge in [0.05, 0.1) is 11.5 Å². The van der Waals surface area contributed by atoms with E-state index >= 15 is 0 Å². The summed E-state index contributed by atoms with van der Waals surface area (Å²) in [5.74, 6) is 0.523. The molecule has 1 aliphatic rings. The zero-order chi connectivity index (χ0) is 17.2. The fourth-order valence-corrected chi connectivity index (χ4v) is 3.55. The van der Waals surface area contributed by atoms with E-state index in [1.807, 2.05) is 37.3 Å². The standard InChI is InChI=1S/C18H19NO4S/c1-14-8-10-17(11-9-14)24(20,21)23-13-18(12-22-15(2)19-18)16-6-4-3-5-7-16/h3-11H,12-13H2,1-2H3. The molecule has 5 nitrogen and oxygen atoms in total. The summed E-state index contributed by atoms with van der Waals surface area (Å²) in [5.41, 5.74) is 1.00. The predicted octanol–water partition coefficient (Wildman–Crippen LogP) is 3.04. The highest BCUT2D eigenvalue weighted by molar-refractivity contribution is 7.86. The van der Waals surface area contributed by atoms with Crippen LogP contribution in [-0.2, 0) is 24.6 Å². The van der Waals surface area contributed by atoms with Gasteiger partial charge in [-0.15, -0.1) is 0 Å². The van der Waals surface area contributed by atoms with Crippen LogP contribution in [-0.4, -0.2) is 27.5 Å². The number of aryl methyl sites for hydroxylation is 1. The normalized spacial score (nSPS) is 20.5. The van der Waals surface area contributed by atoms with Crippen LogP contribution in [0.3, 0.4) is 0 Å². The van der Waals surface area contributed by atoms with E-state index in [1.165, 1.54) is 0 Å². The van der Waals surface area contributed by atoms with Gasteiger partial charge in [-0.3, -0.25) is 4.18 Å². The lowest BCUT2D eigenvalue weighted by molar-refractivity contribution is 0.176. The highest BCUT2D eigenvalue weighted by Crippen LogP contribution is 2.32. The van der Waals surface area contributed by atoms with E-state index in [9.17, 15) is 8.42 Å². The van der Waals surface area contributed by atoms with Crippen molar-refractivity contribution in [2.45, 2.75) is 24.3 Å². The highest BCUT2D eigenvalue weighted by Gasteiger charge is 2.39. The number of ether oxygens (including phenoxy) is 1. The number of nitrogens with zero attached hydrogens (tertiary/aromatic N) is 1. The van der Waals surface area contributed by atoms with E-state index in [1.54, 1.807) is 31.2 Å². The molecular formula is C18H19NO4S. The minimum absolute atomic E-state index is 0.107. The summed E-state index contributed by atoms with van der Waals surface area (Å²) in [6.07, 6.45) is 0. The maximum Gasteiger partial charge on any atom is 0.297 e. The van der Waals surface area contributed by atoms with Gasteiger partial charge in [0.15, 0.2) is 5.90 Å². The van der Waals surface area contributed by atoms with Crippen LogP contribution >= 0.6 is 0 Å². The Balaban J connectivity index is 1.86. The molecule has 126 valence electrons. The quantitative estimate of drug-likeness (QED) is 0.781. The number of aliphatic imine (C=N–C) groups is 1. The summed E-state index contributed by atoms with van der Waals surface area (Å²) in [4.78, 5) is 4.64. The monoisotopic (exact) mass is 345 g/mol. The second-order valence-corrected chi connectivity index (χ2v) is 7.46. The zero-order valence-corrected chi connectivity index (χ0v) is 14.4. The third-order valence-electron chi connectivity index (χ3n) is 3.96. The molecule has 0 saturated heterocycles. The van der Waals surface area contributed by atoms with Gasteiger partial charge in [0.2, 0.25) is 0 Å². The van der Waals surface area contributed by atoms with Gasteiger partial charge in [-0.2, -0.15) is 8.42 Å². The van der Waals surface area contributed by atoms with Crippen molar-refractivity contribution < 1.29 is 17.3 Å². The average Bonchev–Trinajstić information content (AvgIpc) is 2.97. The van der Waals surface area contributed by atoms with E-state index in [4.69, 9.17) is 8.92 Å². The molecule has 0 saturated carbocycles. The first-order valence-corrected chi connectivity index (χ1v) is 9.03. The fourth-order valence-electron chi connectivity index (χ4n) is 2.59. The molecule has 0 aliphatic carbocycles. The van der Waals surface area contributed by atoms with E-state index in [0.29, 0.717) is 5.90 Å². The van der Waals surface area contributed by atoms with Gasteiger partial charge in [0.25, 0.3) is 10.1 Å². The molecule has 0 N–H and O–H groups in total. The van der Waals surface area contributed by atoms with E-state index < -0.39 is 15.7 Å². The zero-order valence-electron chi connectivity index (χ0n) is 13.6. The van der Waals surface area contributed by atoms with Crippen LogP contribution in [0.25, 0.3) is 0 Å². The molecule has 0 fully saturated rings. The lowest BCUT2D eigenvalue weighted by Gasteiger charge is -2.24. The molecule has 1 unspecified atom stereocenters. The first-order chi connectivity index (χ1) is 11.4. The average molecular weight is 345 g/mol. The third-order valence-corrected chi connectivity index (χ3v) is 5.24. The third kappa shape index (κ3) is 3.34. The molecule has 1 heterocycles. The Hall–Kier alpha value is -2.18. The summed E-state index contributed by atoms with van der Waals surface area (Å²) in [6.45, 7) is 3.80. The molecule has 0 spiro atoms. The predicted molar refractivity (Wildman–Crippen MR) is 91.5 cm³/mol.